The zero-order valence-corrected chi connectivity index (χ0v) is 14.7. The number of alkyl halides is 2. The Kier molecular flexibility index (Phi) is 4.80. The minimum absolute atomic E-state index is 0.156. The van der Waals surface area contributed by atoms with E-state index in [2.05, 4.69) is 30.6 Å². The van der Waals surface area contributed by atoms with E-state index < -0.39 is 11.7 Å². The van der Waals surface area contributed by atoms with Crippen molar-refractivity contribution in [3.05, 3.63) is 42.5 Å². The summed E-state index contributed by atoms with van der Waals surface area (Å²) >= 11 is 0. The molecule has 0 bridgehead atoms. The van der Waals surface area contributed by atoms with Crippen LogP contribution in [0.25, 0.3) is 11.3 Å². The molecule has 8 nitrogen and oxygen atoms in total. The molecule has 3 rings (SSSR count). The number of aryl methyl sites for hydroxylation is 1. The Balaban J connectivity index is 2.02. The molecule has 3 aromatic rings. The molecule has 0 saturated carbocycles. The molecule has 0 atom stereocenters. The van der Waals surface area contributed by atoms with E-state index in [-0.39, 0.29) is 17.5 Å². The first-order valence-corrected chi connectivity index (χ1v) is 7.91. The van der Waals surface area contributed by atoms with Crippen molar-refractivity contribution < 1.29 is 18.0 Å². The monoisotopic (exact) mass is 374 g/mol. The lowest BCUT2D eigenvalue weighted by atomic mass is 10.1. The van der Waals surface area contributed by atoms with Crippen molar-refractivity contribution >= 4 is 23.2 Å². The highest BCUT2D eigenvalue weighted by Crippen LogP contribution is 2.31. The van der Waals surface area contributed by atoms with Crippen molar-refractivity contribution in [2.45, 2.75) is 26.7 Å². The first-order chi connectivity index (χ1) is 12.7. The predicted octanol–water partition coefficient (Wildman–Crippen LogP) is 3.65. The maximum Gasteiger partial charge on any atom is 0.303 e. The molecule has 0 spiro atoms. The number of rotatable bonds is 5. The number of pyridine rings is 1. The largest absolute Gasteiger partial charge is 0.449 e. The van der Waals surface area contributed by atoms with Crippen molar-refractivity contribution in [1.29, 1.82) is 0 Å². The summed E-state index contributed by atoms with van der Waals surface area (Å²) in [6.45, 7) is 3.76. The van der Waals surface area contributed by atoms with Crippen molar-refractivity contribution in [3.63, 3.8) is 0 Å². The summed E-state index contributed by atoms with van der Waals surface area (Å²) in [6.07, 6.45) is 4.17. The fraction of sp³-hybridized carbons (Fsp3) is 0.235. The molecule has 140 valence electrons. The normalized spacial score (nSPS) is 11.3. The van der Waals surface area contributed by atoms with Crippen LogP contribution in [-0.4, -0.2) is 25.8 Å². The first-order valence-electron chi connectivity index (χ1n) is 7.91. The number of nitrogens with zero attached hydrogens (tertiary/aromatic N) is 4. The average Bonchev–Trinajstić information content (AvgIpc) is 3.00. The number of hydrogen-bond acceptors (Lipinski definition) is 7. The Hall–Kier alpha value is -3.43. The van der Waals surface area contributed by atoms with Gasteiger partial charge in [-0.3, -0.25) is 4.79 Å². The molecule has 0 radical (unpaired) electrons. The number of anilines is 3. The van der Waals surface area contributed by atoms with Crippen LogP contribution in [0.1, 0.15) is 25.6 Å². The molecule has 0 unspecified atom stereocenters. The van der Waals surface area contributed by atoms with E-state index in [9.17, 15) is 13.6 Å². The third-order valence-electron chi connectivity index (χ3n) is 3.41. The Labute approximate surface area is 153 Å². The van der Waals surface area contributed by atoms with Gasteiger partial charge in [-0.1, -0.05) is 0 Å². The summed E-state index contributed by atoms with van der Waals surface area (Å²) < 4.78 is 32.2. The number of carbonyl (C=O) groups is 1. The number of halogens is 2. The third kappa shape index (κ3) is 4.40. The maximum atomic E-state index is 13.5. The Morgan fingerprint density at radius 1 is 1.22 bits per heavy atom. The minimum Gasteiger partial charge on any atom is -0.449 e. The van der Waals surface area contributed by atoms with Gasteiger partial charge in [-0.2, -0.15) is 8.78 Å². The zero-order valence-electron chi connectivity index (χ0n) is 14.7. The lowest BCUT2D eigenvalue weighted by molar-refractivity contribution is -0.114. The van der Waals surface area contributed by atoms with Crippen molar-refractivity contribution in [2.24, 2.45) is 0 Å². The van der Waals surface area contributed by atoms with E-state index in [1.54, 1.807) is 13.0 Å². The standard InChI is InChI=1S/C17H16F2N6O2/c1-9(26)22-15-6-12(11(7-21-15)13-8-27-10(2)23-13)24-14-4-5-20-16(25-14)17(3,18)19/h4-8H,1-3H3,(H2,20,21,22,24,25,26). The summed E-state index contributed by atoms with van der Waals surface area (Å²) in [5, 5.41) is 5.51. The molecule has 10 heteroatoms. The third-order valence-corrected chi connectivity index (χ3v) is 3.41. The molecule has 3 aromatic heterocycles. The SMILES string of the molecule is CC(=O)Nc1cc(Nc2ccnc(C(C)(F)F)n2)c(-c2coc(C)n2)cn1. The fourth-order valence-electron chi connectivity index (χ4n) is 2.28. The van der Waals surface area contributed by atoms with Crippen LogP contribution < -0.4 is 10.6 Å². The van der Waals surface area contributed by atoms with Gasteiger partial charge in [0.2, 0.25) is 11.7 Å². The highest BCUT2D eigenvalue weighted by molar-refractivity contribution is 5.89. The van der Waals surface area contributed by atoms with Gasteiger partial charge >= 0.3 is 5.92 Å². The molecule has 3 heterocycles. The van der Waals surface area contributed by atoms with Crippen LogP contribution in [0.3, 0.4) is 0 Å². The quantitative estimate of drug-likeness (QED) is 0.702. The topological polar surface area (TPSA) is 106 Å². The van der Waals surface area contributed by atoms with Gasteiger partial charge in [0.15, 0.2) is 5.89 Å². The molecule has 0 aliphatic carbocycles. The van der Waals surface area contributed by atoms with Gasteiger partial charge in [0.25, 0.3) is 0 Å². The lowest BCUT2D eigenvalue weighted by Gasteiger charge is -2.13. The number of hydrogen-bond donors (Lipinski definition) is 2. The predicted molar refractivity (Wildman–Crippen MR) is 93.7 cm³/mol. The van der Waals surface area contributed by atoms with Crippen molar-refractivity contribution in [3.8, 4) is 11.3 Å². The van der Waals surface area contributed by atoms with Gasteiger partial charge in [0.05, 0.1) is 5.69 Å². The summed E-state index contributed by atoms with van der Waals surface area (Å²) in [5.74, 6) is -3.19. The molecule has 0 aliphatic heterocycles. The van der Waals surface area contributed by atoms with E-state index >= 15 is 0 Å². The van der Waals surface area contributed by atoms with E-state index in [4.69, 9.17) is 4.42 Å². The highest BCUT2D eigenvalue weighted by Gasteiger charge is 2.28. The van der Waals surface area contributed by atoms with Gasteiger partial charge in [0.1, 0.15) is 23.6 Å². The van der Waals surface area contributed by atoms with Gasteiger partial charge < -0.3 is 15.1 Å². The van der Waals surface area contributed by atoms with E-state index in [1.807, 2.05) is 0 Å². The zero-order chi connectivity index (χ0) is 19.6. The van der Waals surface area contributed by atoms with E-state index in [1.165, 1.54) is 31.6 Å². The van der Waals surface area contributed by atoms with Crippen LogP contribution in [0.2, 0.25) is 0 Å². The average molecular weight is 374 g/mol. The molecule has 0 saturated heterocycles. The summed E-state index contributed by atoms with van der Waals surface area (Å²) in [7, 11) is 0. The molecule has 2 N–H and O–H groups in total. The van der Waals surface area contributed by atoms with Gasteiger partial charge in [0, 0.05) is 44.8 Å². The van der Waals surface area contributed by atoms with Crippen molar-refractivity contribution in [2.75, 3.05) is 10.6 Å². The van der Waals surface area contributed by atoms with Crippen molar-refractivity contribution in [1.82, 2.24) is 19.9 Å². The summed E-state index contributed by atoms with van der Waals surface area (Å²) in [5.41, 5.74) is 1.49. The van der Waals surface area contributed by atoms with Gasteiger partial charge in [-0.05, 0) is 6.07 Å². The number of carbonyl (C=O) groups excluding carboxylic acids is 1. The molecule has 0 fully saturated rings. The Morgan fingerprint density at radius 2 is 2.00 bits per heavy atom. The van der Waals surface area contributed by atoms with Crippen LogP contribution in [0, 0.1) is 6.92 Å². The molecule has 1 amide bonds. The summed E-state index contributed by atoms with van der Waals surface area (Å²) in [4.78, 5) is 27.1. The Morgan fingerprint density at radius 3 is 2.63 bits per heavy atom. The molecule has 0 aliphatic rings. The van der Waals surface area contributed by atoms with Gasteiger partial charge in [-0.25, -0.2) is 19.9 Å². The van der Waals surface area contributed by atoms with Crippen LogP contribution in [0.4, 0.5) is 26.1 Å². The van der Waals surface area contributed by atoms with Gasteiger partial charge in [-0.15, -0.1) is 0 Å². The maximum absolute atomic E-state index is 13.5. The molecular weight excluding hydrogens is 358 g/mol. The van der Waals surface area contributed by atoms with Crippen LogP contribution in [-0.2, 0) is 10.7 Å². The second kappa shape index (κ2) is 7.06. The highest BCUT2D eigenvalue weighted by atomic mass is 19.3. The van der Waals surface area contributed by atoms with E-state index in [0.29, 0.717) is 22.8 Å². The fourth-order valence-corrected chi connectivity index (χ4v) is 2.28. The summed E-state index contributed by atoms with van der Waals surface area (Å²) in [6, 6.07) is 3.00. The van der Waals surface area contributed by atoms with E-state index in [0.717, 1.165) is 6.92 Å². The number of amides is 1. The van der Waals surface area contributed by atoms with Crippen LogP contribution in [0.5, 0.6) is 0 Å². The second-order valence-corrected chi connectivity index (χ2v) is 5.83. The Bertz CT molecular complexity index is 984. The number of nitrogens with one attached hydrogen (secondary N) is 2. The molecule has 0 aromatic carbocycles. The number of oxazole rings is 1. The first kappa shape index (κ1) is 18.4. The molecular formula is C17H16F2N6O2. The number of aromatic nitrogens is 4. The van der Waals surface area contributed by atoms with Crippen LogP contribution >= 0.6 is 0 Å². The smallest absolute Gasteiger partial charge is 0.303 e. The second-order valence-electron chi connectivity index (χ2n) is 5.83. The molecule has 27 heavy (non-hydrogen) atoms. The lowest BCUT2D eigenvalue weighted by Crippen LogP contribution is -2.13. The van der Waals surface area contributed by atoms with Crippen LogP contribution in [0.15, 0.2) is 35.2 Å². The minimum atomic E-state index is -3.18.